The van der Waals surface area contributed by atoms with E-state index >= 15 is 0 Å². The van der Waals surface area contributed by atoms with Gasteiger partial charge in [-0.05, 0) is 17.7 Å². The lowest BCUT2D eigenvalue weighted by Crippen LogP contribution is -2.04. The topological polar surface area (TPSA) is 29.4 Å². The van der Waals surface area contributed by atoms with E-state index in [-0.39, 0.29) is 0 Å². The third-order valence-electron chi connectivity index (χ3n) is 2.61. The molecule has 0 aliphatic rings. The summed E-state index contributed by atoms with van der Waals surface area (Å²) in [6, 6.07) is 19.3. The van der Waals surface area contributed by atoms with Crippen LogP contribution in [0.5, 0.6) is 0 Å². The summed E-state index contributed by atoms with van der Waals surface area (Å²) in [6.07, 6.45) is 0. The highest BCUT2D eigenvalue weighted by Gasteiger charge is 2.11. The Hall–Kier alpha value is -1.61. The molecular formula is C14H15NOS. The second kappa shape index (κ2) is 5.15. The molecule has 0 bridgehead atoms. The largest absolute Gasteiger partial charge is 0.244 e. The molecule has 1 atom stereocenters. The van der Waals surface area contributed by atoms with Gasteiger partial charge in [-0.15, -0.1) is 0 Å². The first-order chi connectivity index (χ1) is 8.24. The maximum atomic E-state index is 12.8. The number of nitrogens with zero attached hydrogens (tertiary/aromatic N) is 1. The van der Waals surface area contributed by atoms with Crippen molar-refractivity contribution in [2.75, 3.05) is 7.05 Å². The van der Waals surface area contributed by atoms with Crippen molar-refractivity contribution in [3.8, 4) is 0 Å². The quantitative estimate of drug-likeness (QED) is 0.815. The first-order valence-corrected chi connectivity index (χ1v) is 7.15. The van der Waals surface area contributed by atoms with Gasteiger partial charge in [-0.3, -0.25) is 0 Å². The van der Waals surface area contributed by atoms with Gasteiger partial charge in [0.2, 0.25) is 0 Å². The zero-order chi connectivity index (χ0) is 12.1. The van der Waals surface area contributed by atoms with Crippen LogP contribution in [0.4, 0.5) is 0 Å². The number of rotatable bonds is 3. The fraction of sp³-hybridized carbons (Fsp3) is 0.143. The molecule has 0 saturated carbocycles. The van der Waals surface area contributed by atoms with E-state index in [4.69, 9.17) is 0 Å². The van der Waals surface area contributed by atoms with Crippen molar-refractivity contribution in [3.63, 3.8) is 0 Å². The molecule has 0 radical (unpaired) electrons. The fourth-order valence-electron chi connectivity index (χ4n) is 1.69. The fourth-order valence-corrected chi connectivity index (χ4v) is 3.42. The van der Waals surface area contributed by atoms with Crippen molar-refractivity contribution in [2.45, 2.75) is 10.6 Å². The van der Waals surface area contributed by atoms with E-state index in [0.717, 1.165) is 10.5 Å². The summed E-state index contributed by atoms with van der Waals surface area (Å²) in [5.41, 5.74) is 1.05. The van der Waals surface area contributed by atoms with Crippen molar-refractivity contribution in [1.82, 2.24) is 0 Å². The molecule has 0 aromatic heterocycles. The van der Waals surface area contributed by atoms with Crippen LogP contribution < -0.4 is 0 Å². The Bertz CT molecular complexity index is 584. The van der Waals surface area contributed by atoms with Gasteiger partial charge >= 0.3 is 0 Å². The molecule has 0 spiro atoms. The zero-order valence-corrected chi connectivity index (χ0v) is 10.6. The molecule has 0 fully saturated rings. The molecule has 88 valence electrons. The summed E-state index contributed by atoms with van der Waals surface area (Å²) in [6.45, 7) is 0. The SMILES string of the molecule is CN=S(=O)(Cc1ccccc1)c1ccccc1. The van der Waals surface area contributed by atoms with Crippen molar-refractivity contribution in [3.05, 3.63) is 66.2 Å². The van der Waals surface area contributed by atoms with Crippen LogP contribution in [0.25, 0.3) is 0 Å². The standard InChI is InChI=1S/C14H15NOS/c1-15-17(16,14-10-6-3-7-11-14)12-13-8-4-2-5-9-13/h2-11H,12H2,1H3. The first kappa shape index (κ1) is 11.9. The van der Waals surface area contributed by atoms with Crippen LogP contribution in [0, 0.1) is 0 Å². The second-order valence-electron chi connectivity index (χ2n) is 3.77. The summed E-state index contributed by atoms with van der Waals surface area (Å²) < 4.78 is 16.9. The minimum Gasteiger partial charge on any atom is -0.244 e. The van der Waals surface area contributed by atoms with E-state index in [9.17, 15) is 4.21 Å². The highest BCUT2D eigenvalue weighted by atomic mass is 32.2. The van der Waals surface area contributed by atoms with Gasteiger partial charge < -0.3 is 0 Å². The summed E-state index contributed by atoms with van der Waals surface area (Å²) in [5, 5.41) is 0. The molecule has 2 aromatic rings. The van der Waals surface area contributed by atoms with Crippen molar-refractivity contribution < 1.29 is 4.21 Å². The van der Waals surface area contributed by atoms with Gasteiger partial charge in [0.25, 0.3) is 0 Å². The lowest BCUT2D eigenvalue weighted by Gasteiger charge is -2.09. The summed E-state index contributed by atoms with van der Waals surface area (Å²) >= 11 is 0. The van der Waals surface area contributed by atoms with Crippen LogP contribution in [-0.4, -0.2) is 11.3 Å². The summed E-state index contributed by atoms with van der Waals surface area (Å²) in [4.78, 5) is 0.798. The summed E-state index contributed by atoms with van der Waals surface area (Å²) in [7, 11) is -0.710. The molecule has 0 aliphatic heterocycles. The first-order valence-electron chi connectivity index (χ1n) is 5.46. The van der Waals surface area contributed by atoms with Crippen LogP contribution in [0.2, 0.25) is 0 Å². The predicted octanol–water partition coefficient (Wildman–Crippen LogP) is 3.34. The van der Waals surface area contributed by atoms with Crippen LogP contribution in [-0.2, 0) is 15.5 Å². The van der Waals surface area contributed by atoms with Crippen LogP contribution in [0.15, 0.2) is 69.9 Å². The van der Waals surface area contributed by atoms with Gasteiger partial charge in [0.15, 0.2) is 0 Å². The molecule has 2 nitrogen and oxygen atoms in total. The molecule has 0 aliphatic carbocycles. The van der Waals surface area contributed by atoms with E-state index < -0.39 is 9.73 Å². The Labute approximate surface area is 102 Å². The molecular weight excluding hydrogens is 230 g/mol. The zero-order valence-electron chi connectivity index (χ0n) is 9.74. The minimum absolute atomic E-state index is 0.467. The number of hydrogen-bond donors (Lipinski definition) is 0. The van der Waals surface area contributed by atoms with Crippen LogP contribution in [0.1, 0.15) is 5.56 Å². The van der Waals surface area contributed by atoms with Crippen molar-refractivity contribution in [2.24, 2.45) is 4.36 Å². The molecule has 0 N–H and O–H groups in total. The second-order valence-corrected chi connectivity index (χ2v) is 6.17. The Balaban J connectivity index is 2.38. The lowest BCUT2D eigenvalue weighted by atomic mass is 10.2. The van der Waals surface area contributed by atoms with Crippen LogP contribution in [0.3, 0.4) is 0 Å². The Morgan fingerprint density at radius 1 is 0.941 bits per heavy atom. The van der Waals surface area contributed by atoms with Gasteiger partial charge in [-0.25, -0.2) is 8.57 Å². The normalized spacial score (nSPS) is 13.9. The molecule has 1 unspecified atom stereocenters. The minimum atomic E-state index is -2.33. The third-order valence-corrected chi connectivity index (χ3v) is 4.93. The van der Waals surface area contributed by atoms with Crippen molar-refractivity contribution >= 4 is 9.73 Å². The lowest BCUT2D eigenvalue weighted by molar-refractivity contribution is 0.675. The van der Waals surface area contributed by atoms with E-state index in [1.54, 1.807) is 7.05 Å². The molecule has 2 rings (SSSR count). The van der Waals surface area contributed by atoms with E-state index in [2.05, 4.69) is 4.36 Å². The predicted molar refractivity (Wildman–Crippen MR) is 71.3 cm³/mol. The monoisotopic (exact) mass is 245 g/mol. The average Bonchev–Trinajstić information content (AvgIpc) is 2.41. The van der Waals surface area contributed by atoms with Gasteiger partial charge in [0.05, 0.1) is 15.5 Å². The van der Waals surface area contributed by atoms with Gasteiger partial charge in [-0.2, -0.15) is 0 Å². The maximum absolute atomic E-state index is 12.8. The van der Waals surface area contributed by atoms with Gasteiger partial charge in [0.1, 0.15) is 0 Å². The molecule has 0 saturated heterocycles. The van der Waals surface area contributed by atoms with Gasteiger partial charge in [-0.1, -0.05) is 48.5 Å². The molecule has 17 heavy (non-hydrogen) atoms. The third kappa shape index (κ3) is 2.74. The van der Waals surface area contributed by atoms with Crippen LogP contribution >= 0.6 is 0 Å². The molecule has 0 amide bonds. The Kier molecular flexibility index (Phi) is 3.59. The molecule has 3 heteroatoms. The Morgan fingerprint density at radius 3 is 2.00 bits per heavy atom. The number of hydrogen-bond acceptors (Lipinski definition) is 2. The maximum Gasteiger partial charge on any atom is 0.0791 e. The summed E-state index contributed by atoms with van der Waals surface area (Å²) in [5.74, 6) is 0.467. The van der Waals surface area contributed by atoms with E-state index in [1.165, 1.54) is 0 Å². The van der Waals surface area contributed by atoms with Crippen molar-refractivity contribution in [1.29, 1.82) is 0 Å². The highest BCUT2D eigenvalue weighted by Crippen LogP contribution is 2.18. The Morgan fingerprint density at radius 2 is 1.47 bits per heavy atom. The molecule has 2 aromatic carbocycles. The van der Waals surface area contributed by atoms with E-state index in [1.807, 2.05) is 60.7 Å². The van der Waals surface area contributed by atoms with E-state index in [0.29, 0.717) is 5.75 Å². The average molecular weight is 245 g/mol. The smallest absolute Gasteiger partial charge is 0.0791 e. The van der Waals surface area contributed by atoms with Gasteiger partial charge in [0, 0.05) is 11.9 Å². The molecule has 0 heterocycles. The number of benzene rings is 2. The highest BCUT2D eigenvalue weighted by molar-refractivity contribution is 7.92.